The Labute approximate surface area is 199 Å². The van der Waals surface area contributed by atoms with Crippen molar-refractivity contribution in [3.05, 3.63) is 35.9 Å². The minimum Gasteiger partial charge on any atom is -0.359 e. The molecular formula is C23H40IN5O. The first-order valence-corrected chi connectivity index (χ1v) is 11.2. The molecule has 170 valence electrons. The molecule has 1 atom stereocenters. The lowest BCUT2D eigenvalue weighted by Gasteiger charge is -2.35. The molecule has 0 radical (unpaired) electrons. The third-order valence-corrected chi connectivity index (χ3v) is 5.85. The first kappa shape index (κ1) is 26.7. The first-order valence-electron chi connectivity index (χ1n) is 11.2. The van der Waals surface area contributed by atoms with Gasteiger partial charge in [0, 0.05) is 33.1 Å². The fraction of sp³-hybridized carbons (Fsp3) is 0.652. The number of hydrogen-bond acceptors (Lipinski definition) is 3. The standard InChI is InChI=1S/C23H39N5O.HI/c1-5-25-23(28-15-13-19(14-16-28)17-22(29)24-4)26-18-21(27(6-2)7-3)20-11-9-8-10-12-20;/h8-12,19,21H,5-7,13-18H2,1-4H3,(H,24,29)(H,25,26);1H. The maximum atomic E-state index is 11.7. The predicted octanol–water partition coefficient (Wildman–Crippen LogP) is 3.50. The molecule has 0 bridgehead atoms. The number of nitrogens with one attached hydrogen (secondary N) is 2. The molecule has 7 heteroatoms. The van der Waals surface area contributed by atoms with E-state index in [0.29, 0.717) is 12.3 Å². The van der Waals surface area contributed by atoms with Gasteiger partial charge in [-0.15, -0.1) is 24.0 Å². The third kappa shape index (κ3) is 8.06. The Morgan fingerprint density at radius 3 is 2.33 bits per heavy atom. The van der Waals surface area contributed by atoms with Gasteiger partial charge in [-0.1, -0.05) is 44.2 Å². The summed E-state index contributed by atoms with van der Waals surface area (Å²) < 4.78 is 0. The SMILES string of the molecule is CCNC(=NCC(c1ccccc1)N(CC)CC)N1CCC(CC(=O)NC)CC1.I. The Balaban J connectivity index is 0.00000450. The molecule has 1 saturated heterocycles. The van der Waals surface area contributed by atoms with Gasteiger partial charge in [0.15, 0.2) is 5.96 Å². The van der Waals surface area contributed by atoms with E-state index in [4.69, 9.17) is 4.99 Å². The van der Waals surface area contributed by atoms with E-state index in [1.807, 2.05) is 0 Å². The van der Waals surface area contributed by atoms with Crippen LogP contribution in [0.2, 0.25) is 0 Å². The Kier molecular flexibility index (Phi) is 13.0. The summed E-state index contributed by atoms with van der Waals surface area (Å²) in [5, 5.41) is 6.22. The lowest BCUT2D eigenvalue weighted by molar-refractivity contribution is -0.121. The molecule has 1 aromatic rings. The molecule has 6 nitrogen and oxygen atoms in total. The van der Waals surface area contributed by atoms with Crippen LogP contribution >= 0.6 is 24.0 Å². The molecule has 0 aromatic heterocycles. The quantitative estimate of drug-likeness (QED) is 0.292. The number of aliphatic imine (C=N–C) groups is 1. The maximum Gasteiger partial charge on any atom is 0.220 e. The fourth-order valence-corrected chi connectivity index (χ4v) is 4.08. The Morgan fingerprint density at radius 1 is 1.17 bits per heavy atom. The molecule has 1 heterocycles. The van der Waals surface area contributed by atoms with Crippen molar-refractivity contribution in [1.29, 1.82) is 0 Å². The first-order chi connectivity index (χ1) is 14.1. The van der Waals surface area contributed by atoms with E-state index in [1.54, 1.807) is 7.05 Å². The molecule has 2 N–H and O–H groups in total. The van der Waals surface area contributed by atoms with Gasteiger partial charge in [-0.05, 0) is 44.3 Å². The summed E-state index contributed by atoms with van der Waals surface area (Å²) in [6.45, 7) is 12.1. The second kappa shape index (κ2) is 14.6. The van der Waals surface area contributed by atoms with E-state index < -0.39 is 0 Å². The van der Waals surface area contributed by atoms with E-state index in [9.17, 15) is 4.79 Å². The summed E-state index contributed by atoms with van der Waals surface area (Å²) in [4.78, 5) is 21.5. The molecular weight excluding hydrogens is 489 g/mol. The van der Waals surface area contributed by atoms with Gasteiger partial charge in [-0.2, -0.15) is 0 Å². The van der Waals surface area contributed by atoms with Crippen LogP contribution in [0, 0.1) is 5.92 Å². The van der Waals surface area contributed by atoms with Gasteiger partial charge in [-0.3, -0.25) is 14.7 Å². The molecule has 0 spiro atoms. The zero-order valence-corrected chi connectivity index (χ0v) is 21.4. The summed E-state index contributed by atoms with van der Waals surface area (Å²) in [5.74, 6) is 1.62. The van der Waals surface area contributed by atoms with Crippen LogP contribution in [0.1, 0.15) is 51.6 Å². The Bertz CT molecular complexity index is 628. The average molecular weight is 530 g/mol. The lowest BCUT2D eigenvalue weighted by Crippen LogP contribution is -2.46. The molecule has 0 aliphatic carbocycles. The fourth-order valence-electron chi connectivity index (χ4n) is 4.08. The largest absolute Gasteiger partial charge is 0.359 e. The van der Waals surface area contributed by atoms with Gasteiger partial charge in [-0.25, -0.2) is 0 Å². The minimum absolute atomic E-state index is 0. The molecule has 1 amide bonds. The highest BCUT2D eigenvalue weighted by Crippen LogP contribution is 2.23. The molecule has 1 aromatic carbocycles. The number of nitrogens with zero attached hydrogens (tertiary/aromatic N) is 3. The van der Waals surface area contributed by atoms with Crippen molar-refractivity contribution in [2.75, 3.05) is 46.3 Å². The van der Waals surface area contributed by atoms with Crippen molar-refractivity contribution >= 4 is 35.8 Å². The van der Waals surface area contributed by atoms with E-state index in [0.717, 1.165) is 58.1 Å². The number of guanidine groups is 1. The smallest absolute Gasteiger partial charge is 0.220 e. The van der Waals surface area contributed by atoms with E-state index in [-0.39, 0.29) is 35.9 Å². The highest BCUT2D eigenvalue weighted by atomic mass is 127. The molecule has 30 heavy (non-hydrogen) atoms. The molecule has 1 unspecified atom stereocenters. The van der Waals surface area contributed by atoms with E-state index >= 15 is 0 Å². The number of carbonyl (C=O) groups is 1. The van der Waals surface area contributed by atoms with Crippen molar-refractivity contribution in [2.24, 2.45) is 10.9 Å². The van der Waals surface area contributed by atoms with E-state index in [2.05, 4.69) is 71.5 Å². The molecule has 2 rings (SSSR count). The number of benzene rings is 1. The zero-order valence-electron chi connectivity index (χ0n) is 19.1. The van der Waals surface area contributed by atoms with Crippen LogP contribution in [0.3, 0.4) is 0 Å². The highest BCUT2D eigenvalue weighted by Gasteiger charge is 2.24. The number of rotatable bonds is 9. The number of amides is 1. The number of piperidine rings is 1. The normalized spacial score (nSPS) is 16.2. The number of likely N-dealkylation sites (N-methyl/N-ethyl adjacent to an activating group) is 1. The lowest BCUT2D eigenvalue weighted by atomic mass is 9.93. The van der Waals surface area contributed by atoms with Crippen molar-refractivity contribution in [2.45, 2.75) is 46.1 Å². The summed E-state index contributed by atoms with van der Waals surface area (Å²) in [6, 6.07) is 11.0. The summed E-state index contributed by atoms with van der Waals surface area (Å²) in [6.07, 6.45) is 2.71. The highest BCUT2D eigenvalue weighted by molar-refractivity contribution is 14.0. The molecule has 1 fully saturated rings. The van der Waals surface area contributed by atoms with Crippen molar-refractivity contribution in [3.63, 3.8) is 0 Å². The van der Waals surface area contributed by atoms with Gasteiger partial charge >= 0.3 is 0 Å². The average Bonchev–Trinajstić information content (AvgIpc) is 2.77. The third-order valence-electron chi connectivity index (χ3n) is 5.85. The van der Waals surface area contributed by atoms with Crippen LogP contribution in [-0.2, 0) is 4.79 Å². The van der Waals surface area contributed by atoms with Crippen LogP contribution in [0.25, 0.3) is 0 Å². The zero-order chi connectivity index (χ0) is 21.1. The Hall–Kier alpha value is -1.35. The predicted molar refractivity (Wildman–Crippen MR) is 136 cm³/mol. The number of halogens is 1. The van der Waals surface area contributed by atoms with Gasteiger partial charge in [0.2, 0.25) is 5.91 Å². The van der Waals surface area contributed by atoms with Gasteiger partial charge in [0.1, 0.15) is 0 Å². The van der Waals surface area contributed by atoms with Crippen LogP contribution in [0.4, 0.5) is 0 Å². The summed E-state index contributed by atoms with van der Waals surface area (Å²) in [5.41, 5.74) is 1.32. The molecule has 1 aliphatic rings. The second-order valence-corrected chi connectivity index (χ2v) is 7.65. The molecule has 1 aliphatic heterocycles. The summed E-state index contributed by atoms with van der Waals surface area (Å²) in [7, 11) is 1.71. The maximum absolute atomic E-state index is 11.7. The monoisotopic (exact) mass is 529 g/mol. The topological polar surface area (TPSA) is 60.0 Å². The van der Waals surface area contributed by atoms with Crippen LogP contribution < -0.4 is 10.6 Å². The Morgan fingerprint density at radius 2 is 1.80 bits per heavy atom. The van der Waals surface area contributed by atoms with Crippen LogP contribution in [-0.4, -0.2) is 68.0 Å². The molecule has 0 saturated carbocycles. The van der Waals surface area contributed by atoms with E-state index in [1.165, 1.54) is 5.56 Å². The van der Waals surface area contributed by atoms with Crippen molar-refractivity contribution in [3.8, 4) is 0 Å². The second-order valence-electron chi connectivity index (χ2n) is 7.65. The summed E-state index contributed by atoms with van der Waals surface area (Å²) >= 11 is 0. The minimum atomic E-state index is 0. The van der Waals surface area contributed by atoms with Crippen LogP contribution in [0.15, 0.2) is 35.3 Å². The number of carbonyl (C=O) groups excluding carboxylic acids is 1. The van der Waals surface area contributed by atoms with Gasteiger partial charge in [0.25, 0.3) is 0 Å². The van der Waals surface area contributed by atoms with Crippen molar-refractivity contribution in [1.82, 2.24) is 20.4 Å². The van der Waals surface area contributed by atoms with Gasteiger partial charge < -0.3 is 15.5 Å². The van der Waals surface area contributed by atoms with Crippen molar-refractivity contribution < 1.29 is 4.79 Å². The number of likely N-dealkylation sites (tertiary alicyclic amines) is 1. The van der Waals surface area contributed by atoms with Crippen LogP contribution in [0.5, 0.6) is 0 Å². The van der Waals surface area contributed by atoms with Gasteiger partial charge in [0.05, 0.1) is 12.6 Å². The number of hydrogen-bond donors (Lipinski definition) is 2.